The number of fused-ring (bicyclic) bond motifs is 3. The Morgan fingerprint density at radius 3 is 1.84 bits per heavy atom. The van der Waals surface area contributed by atoms with E-state index in [1.807, 2.05) is 69.3 Å². The van der Waals surface area contributed by atoms with Gasteiger partial charge in [-0.05, 0) is 47.4 Å². The summed E-state index contributed by atoms with van der Waals surface area (Å²) < 4.78 is 5.54. The molecule has 2 aromatic rings. The molecule has 0 radical (unpaired) electrons. The number of hydrogen-bond donors (Lipinski definition) is 6. The van der Waals surface area contributed by atoms with E-state index < -0.39 is 60.6 Å². The van der Waals surface area contributed by atoms with Crippen LogP contribution in [0.3, 0.4) is 0 Å². The Bertz CT molecular complexity index is 1330. The molecular weight excluding hydrogens is 580 g/mol. The number of hydrogen-bond acceptors (Lipinski definition) is 7. The highest BCUT2D eigenvalue weighted by Crippen LogP contribution is 2.44. The SMILES string of the molecule is CC[C@H](C)[C@H](NC(=O)[C@H](CC(C)C)NC(=O)[C@H](C)NC(=O)OCC1c2ccccc2-c2ccccc21)C(=O)N[C@@H](CO)C(=O)O. The normalized spacial score (nSPS) is 15.4. The van der Waals surface area contributed by atoms with Gasteiger partial charge in [0.15, 0.2) is 0 Å². The van der Waals surface area contributed by atoms with Crippen molar-refractivity contribution in [1.82, 2.24) is 21.3 Å². The van der Waals surface area contributed by atoms with Crippen LogP contribution in [0, 0.1) is 11.8 Å². The van der Waals surface area contributed by atoms with Gasteiger partial charge in [-0.2, -0.15) is 0 Å². The van der Waals surface area contributed by atoms with Gasteiger partial charge < -0.3 is 36.2 Å². The first-order valence-corrected chi connectivity index (χ1v) is 15.2. The number of aliphatic carboxylic acids is 1. The molecule has 0 saturated carbocycles. The Morgan fingerprint density at radius 1 is 0.778 bits per heavy atom. The second-order valence-corrected chi connectivity index (χ2v) is 11.8. The summed E-state index contributed by atoms with van der Waals surface area (Å²) in [5, 5.41) is 28.6. The lowest BCUT2D eigenvalue weighted by atomic mass is 9.96. The molecule has 0 fully saturated rings. The highest BCUT2D eigenvalue weighted by Gasteiger charge is 2.33. The summed E-state index contributed by atoms with van der Waals surface area (Å²) in [5.74, 6) is -3.99. The average molecular weight is 625 g/mol. The second-order valence-electron chi connectivity index (χ2n) is 11.8. The van der Waals surface area contributed by atoms with Crippen LogP contribution in [-0.2, 0) is 23.9 Å². The standard InChI is InChI=1S/C33H44N4O8/c1-6-19(4)28(31(41)36-27(16-38)32(42)43)37-30(40)26(15-18(2)3)35-29(39)20(5)34-33(44)45-17-25-23-13-9-7-11-21(23)22-12-8-10-14-24(22)25/h7-14,18-20,25-28,38H,6,15-17H2,1-5H3,(H,34,44)(H,35,39)(H,36,41)(H,37,40)(H,42,43)/t19-,20-,26-,27-,28-/m0/s1. The van der Waals surface area contributed by atoms with Gasteiger partial charge in [0, 0.05) is 5.92 Å². The lowest BCUT2D eigenvalue weighted by Crippen LogP contribution is -2.59. The fraction of sp³-hybridized carbons (Fsp3) is 0.485. The number of benzene rings is 2. The third kappa shape index (κ3) is 9.04. The minimum atomic E-state index is -1.53. The van der Waals surface area contributed by atoms with Gasteiger partial charge in [0.05, 0.1) is 6.61 Å². The first-order valence-electron chi connectivity index (χ1n) is 15.2. The third-order valence-corrected chi connectivity index (χ3v) is 8.00. The van der Waals surface area contributed by atoms with Crippen LogP contribution in [0.5, 0.6) is 0 Å². The number of carboxylic acid groups (broad SMARTS) is 1. The van der Waals surface area contributed by atoms with E-state index in [1.165, 1.54) is 6.92 Å². The highest BCUT2D eigenvalue weighted by molar-refractivity contribution is 5.94. The molecule has 5 atom stereocenters. The van der Waals surface area contributed by atoms with E-state index in [1.54, 1.807) is 6.92 Å². The molecule has 4 amide bonds. The maximum atomic E-state index is 13.4. The van der Waals surface area contributed by atoms with Gasteiger partial charge in [0.25, 0.3) is 0 Å². The summed E-state index contributed by atoms with van der Waals surface area (Å²) in [5.41, 5.74) is 4.29. The first kappa shape index (κ1) is 35.0. The number of ether oxygens (including phenoxy) is 1. The van der Waals surface area contributed by atoms with Gasteiger partial charge in [-0.15, -0.1) is 0 Å². The number of aliphatic hydroxyl groups excluding tert-OH is 1. The van der Waals surface area contributed by atoms with E-state index in [0.717, 1.165) is 22.3 Å². The Kier molecular flexibility index (Phi) is 12.5. The van der Waals surface area contributed by atoms with E-state index in [4.69, 9.17) is 4.74 Å². The molecule has 0 spiro atoms. The number of amides is 4. The van der Waals surface area contributed by atoms with Crippen molar-refractivity contribution in [3.63, 3.8) is 0 Å². The number of rotatable bonds is 15. The molecule has 12 heteroatoms. The smallest absolute Gasteiger partial charge is 0.407 e. The largest absolute Gasteiger partial charge is 0.480 e. The summed E-state index contributed by atoms with van der Waals surface area (Å²) in [6.07, 6.45) is -0.0644. The van der Waals surface area contributed by atoms with Crippen LogP contribution < -0.4 is 21.3 Å². The zero-order valence-electron chi connectivity index (χ0n) is 26.3. The topological polar surface area (TPSA) is 183 Å². The van der Waals surface area contributed by atoms with E-state index in [2.05, 4.69) is 21.3 Å². The van der Waals surface area contributed by atoms with E-state index in [0.29, 0.717) is 6.42 Å². The summed E-state index contributed by atoms with van der Waals surface area (Å²) in [6, 6.07) is 11.1. The predicted molar refractivity (Wildman–Crippen MR) is 167 cm³/mol. The quantitative estimate of drug-likeness (QED) is 0.175. The third-order valence-electron chi connectivity index (χ3n) is 8.00. The van der Waals surface area contributed by atoms with Crippen LogP contribution >= 0.6 is 0 Å². The molecule has 0 aromatic heterocycles. The molecule has 45 heavy (non-hydrogen) atoms. The second kappa shape index (κ2) is 16.0. The predicted octanol–water partition coefficient (Wildman–Crippen LogP) is 2.54. The molecule has 6 N–H and O–H groups in total. The minimum absolute atomic E-state index is 0.0203. The Hall–Kier alpha value is -4.45. The number of carbonyl (C=O) groups excluding carboxylic acids is 4. The molecule has 0 bridgehead atoms. The molecule has 12 nitrogen and oxygen atoms in total. The van der Waals surface area contributed by atoms with Crippen molar-refractivity contribution in [3.8, 4) is 11.1 Å². The maximum Gasteiger partial charge on any atom is 0.407 e. The average Bonchev–Trinajstić information content (AvgIpc) is 3.33. The van der Waals surface area contributed by atoms with Crippen LogP contribution in [0.4, 0.5) is 4.79 Å². The zero-order valence-corrected chi connectivity index (χ0v) is 26.3. The maximum absolute atomic E-state index is 13.4. The van der Waals surface area contributed by atoms with Crippen molar-refractivity contribution >= 4 is 29.8 Å². The van der Waals surface area contributed by atoms with Crippen molar-refractivity contribution in [2.24, 2.45) is 11.8 Å². The summed E-state index contributed by atoms with van der Waals surface area (Å²) >= 11 is 0. The lowest BCUT2D eigenvalue weighted by Gasteiger charge is -2.28. The molecule has 3 rings (SSSR count). The van der Waals surface area contributed by atoms with Gasteiger partial charge in [0.1, 0.15) is 30.8 Å². The van der Waals surface area contributed by atoms with Gasteiger partial charge in [-0.25, -0.2) is 9.59 Å². The van der Waals surface area contributed by atoms with Gasteiger partial charge in [0.2, 0.25) is 17.7 Å². The summed E-state index contributed by atoms with van der Waals surface area (Å²) in [6.45, 7) is 7.98. The number of nitrogens with one attached hydrogen (secondary N) is 4. The van der Waals surface area contributed by atoms with Crippen molar-refractivity contribution in [3.05, 3.63) is 59.7 Å². The highest BCUT2D eigenvalue weighted by atomic mass is 16.5. The Morgan fingerprint density at radius 2 is 1.33 bits per heavy atom. The zero-order chi connectivity index (χ0) is 33.3. The number of alkyl carbamates (subject to hydrolysis) is 1. The first-order chi connectivity index (χ1) is 21.4. The number of carboxylic acids is 1. The molecule has 2 aromatic carbocycles. The van der Waals surface area contributed by atoms with Crippen LogP contribution in [0.25, 0.3) is 11.1 Å². The van der Waals surface area contributed by atoms with Crippen molar-refractivity contribution in [2.45, 2.75) is 77.5 Å². The van der Waals surface area contributed by atoms with Crippen LogP contribution in [0.15, 0.2) is 48.5 Å². The fourth-order valence-electron chi connectivity index (χ4n) is 5.28. The summed E-state index contributed by atoms with van der Waals surface area (Å²) in [7, 11) is 0. The van der Waals surface area contributed by atoms with Crippen LogP contribution in [0.1, 0.15) is 64.5 Å². The Labute approximate surface area is 263 Å². The van der Waals surface area contributed by atoms with Gasteiger partial charge in [-0.1, -0.05) is 82.6 Å². The van der Waals surface area contributed by atoms with Gasteiger partial charge in [-0.3, -0.25) is 14.4 Å². The Balaban J connectivity index is 1.62. The van der Waals surface area contributed by atoms with Crippen molar-refractivity contribution < 1.29 is 38.9 Å². The minimum Gasteiger partial charge on any atom is -0.480 e. The molecule has 1 aliphatic rings. The van der Waals surface area contributed by atoms with Crippen molar-refractivity contribution in [2.75, 3.05) is 13.2 Å². The lowest BCUT2D eigenvalue weighted by molar-refractivity contribution is -0.143. The number of carbonyl (C=O) groups is 5. The molecular formula is C33H44N4O8. The van der Waals surface area contributed by atoms with Crippen LogP contribution in [0.2, 0.25) is 0 Å². The molecule has 244 valence electrons. The molecule has 0 aliphatic heterocycles. The monoisotopic (exact) mass is 624 g/mol. The summed E-state index contributed by atoms with van der Waals surface area (Å²) in [4.78, 5) is 63.4. The number of aliphatic hydroxyl groups is 1. The fourth-order valence-corrected chi connectivity index (χ4v) is 5.28. The van der Waals surface area contributed by atoms with Crippen molar-refractivity contribution in [1.29, 1.82) is 0 Å². The molecule has 0 saturated heterocycles. The van der Waals surface area contributed by atoms with E-state index in [9.17, 15) is 34.2 Å². The molecule has 0 heterocycles. The molecule has 1 aliphatic carbocycles. The van der Waals surface area contributed by atoms with Crippen LogP contribution in [-0.4, -0.2) is 77.4 Å². The van der Waals surface area contributed by atoms with E-state index >= 15 is 0 Å². The van der Waals surface area contributed by atoms with Gasteiger partial charge >= 0.3 is 12.1 Å². The van der Waals surface area contributed by atoms with E-state index in [-0.39, 0.29) is 30.8 Å². The molecule has 0 unspecified atom stereocenters.